The predicted molar refractivity (Wildman–Crippen MR) is 96.2 cm³/mol. The normalized spacial score (nSPS) is 14.3. The monoisotopic (exact) mass is 480 g/mol. The largest absolute Gasteiger partial charge is 0.431 e. The molecular weight excluding hydrogens is 468 g/mol. The lowest BCUT2D eigenvalue weighted by Gasteiger charge is -2.17. The summed E-state index contributed by atoms with van der Waals surface area (Å²) < 4.78 is 53.9. The molecule has 1 aromatic carbocycles. The van der Waals surface area contributed by atoms with Gasteiger partial charge in [-0.3, -0.25) is 14.2 Å². The van der Waals surface area contributed by atoms with E-state index in [1.807, 2.05) is 0 Å². The third-order valence-electron chi connectivity index (χ3n) is 4.11. The van der Waals surface area contributed by atoms with E-state index in [4.69, 9.17) is 4.84 Å². The lowest BCUT2D eigenvalue weighted by molar-refractivity contribution is -0.144. The molecule has 1 saturated heterocycles. The molecule has 8 nitrogen and oxygen atoms in total. The Bertz CT molecular complexity index is 1090. The number of hydroxylamine groups is 2. The predicted octanol–water partition coefficient (Wildman–Crippen LogP) is 2.63. The summed E-state index contributed by atoms with van der Waals surface area (Å²) in [6.45, 7) is 0.677. The molecule has 2 amide bonds. The first-order chi connectivity index (χ1) is 13.5. The molecule has 2 aromatic rings. The number of amides is 2. The van der Waals surface area contributed by atoms with E-state index >= 15 is 0 Å². The van der Waals surface area contributed by atoms with Gasteiger partial charge in [-0.1, -0.05) is 0 Å². The minimum atomic E-state index is -4.95. The molecule has 0 atom stereocenters. The number of urea groups is 1. The molecule has 13 heteroatoms. The third kappa shape index (κ3) is 4.05. The lowest BCUT2D eigenvalue weighted by Crippen LogP contribution is -2.41. The molecule has 0 spiro atoms. The maximum Gasteiger partial charge on any atom is 0.431 e. The van der Waals surface area contributed by atoms with Crippen LogP contribution in [0.5, 0.6) is 0 Å². The molecule has 1 aliphatic rings. The molecule has 2 heterocycles. The first kappa shape index (κ1) is 21.0. The van der Waals surface area contributed by atoms with E-state index in [9.17, 15) is 31.9 Å². The minimum absolute atomic E-state index is 0.0178. The Balaban J connectivity index is 2.10. The summed E-state index contributed by atoms with van der Waals surface area (Å²) in [5.74, 6) is -1.06. The number of alkyl halides is 3. The second kappa shape index (κ2) is 7.63. The summed E-state index contributed by atoms with van der Waals surface area (Å²) in [5, 5.41) is 3.46. The molecule has 0 aliphatic carbocycles. The van der Waals surface area contributed by atoms with Crippen molar-refractivity contribution in [2.24, 2.45) is 7.05 Å². The second-order valence-corrected chi connectivity index (χ2v) is 6.90. The smallest absolute Gasteiger partial charge is 0.305 e. The van der Waals surface area contributed by atoms with E-state index < -0.39 is 40.7 Å². The Kier molecular flexibility index (Phi) is 5.54. The van der Waals surface area contributed by atoms with Crippen LogP contribution >= 0.6 is 15.9 Å². The maximum absolute atomic E-state index is 14.5. The zero-order valence-corrected chi connectivity index (χ0v) is 16.3. The van der Waals surface area contributed by atoms with E-state index in [2.05, 4.69) is 21.2 Å². The fourth-order valence-electron chi connectivity index (χ4n) is 2.71. The average molecular weight is 481 g/mol. The number of halogens is 5. The molecule has 1 aliphatic heterocycles. The molecule has 3 rings (SSSR count). The topological polar surface area (TPSA) is 85.6 Å². The Morgan fingerprint density at radius 3 is 2.52 bits per heavy atom. The Morgan fingerprint density at radius 2 is 1.93 bits per heavy atom. The van der Waals surface area contributed by atoms with E-state index in [0.717, 1.165) is 24.2 Å². The fourth-order valence-corrected chi connectivity index (χ4v) is 3.12. The Labute approximate surface area is 168 Å². The van der Waals surface area contributed by atoms with Crippen LogP contribution in [0.4, 0.5) is 28.0 Å². The number of benzene rings is 1. The first-order valence-electron chi connectivity index (χ1n) is 8.12. The van der Waals surface area contributed by atoms with E-state index in [-0.39, 0.29) is 25.4 Å². The van der Waals surface area contributed by atoms with Gasteiger partial charge in [0.05, 0.1) is 24.5 Å². The maximum atomic E-state index is 14.5. The number of carbonyl (C=O) groups is 1. The van der Waals surface area contributed by atoms with E-state index in [1.54, 1.807) is 0 Å². The second-order valence-electron chi connectivity index (χ2n) is 6.05. The number of hydrogen-bond donors (Lipinski definition) is 1. The molecule has 0 saturated carbocycles. The van der Waals surface area contributed by atoms with Gasteiger partial charge in [-0.05, 0) is 34.5 Å². The van der Waals surface area contributed by atoms with Gasteiger partial charge < -0.3 is 5.32 Å². The summed E-state index contributed by atoms with van der Waals surface area (Å²) in [6, 6.07) is 1.36. The number of anilines is 1. The van der Waals surface area contributed by atoms with Gasteiger partial charge in [-0.2, -0.15) is 13.2 Å². The van der Waals surface area contributed by atoms with Crippen LogP contribution in [-0.2, 0) is 18.1 Å². The fraction of sp³-hybridized carbons (Fsp3) is 0.312. The zero-order valence-electron chi connectivity index (χ0n) is 14.7. The van der Waals surface area contributed by atoms with Crippen LogP contribution in [0.2, 0.25) is 0 Å². The van der Waals surface area contributed by atoms with Gasteiger partial charge in [-0.15, -0.1) is 0 Å². The van der Waals surface area contributed by atoms with Crippen LogP contribution in [-0.4, -0.2) is 33.4 Å². The summed E-state index contributed by atoms with van der Waals surface area (Å²) in [4.78, 5) is 41.8. The first-order valence-corrected chi connectivity index (χ1v) is 8.91. The zero-order chi connectivity index (χ0) is 21.5. The van der Waals surface area contributed by atoms with Crippen LogP contribution in [0.25, 0.3) is 5.69 Å². The molecule has 1 aromatic heterocycles. The summed E-state index contributed by atoms with van der Waals surface area (Å²) in [6.07, 6.45) is -4.32. The molecule has 29 heavy (non-hydrogen) atoms. The molecule has 1 fully saturated rings. The standard InChI is InChI=1S/C16H13BrF4N4O4/c1-23-12(16(19,20)21)7-13(26)25(15(23)28)11-6-10(8(17)5-9(11)18)22-14(27)24-3-2-4-29-24/h5-7H,2-4H2,1H3,(H,22,27). The van der Waals surface area contributed by atoms with Crippen molar-refractivity contribution in [1.29, 1.82) is 0 Å². The molecule has 156 valence electrons. The minimum Gasteiger partial charge on any atom is -0.305 e. The van der Waals surface area contributed by atoms with Crippen molar-refractivity contribution < 1.29 is 27.2 Å². The molecule has 0 unspecified atom stereocenters. The highest BCUT2D eigenvalue weighted by Gasteiger charge is 2.35. The van der Waals surface area contributed by atoms with Gasteiger partial charge in [0, 0.05) is 17.6 Å². The number of carbonyl (C=O) groups excluding carboxylic acids is 1. The van der Waals surface area contributed by atoms with Crippen molar-refractivity contribution in [3.8, 4) is 5.69 Å². The Morgan fingerprint density at radius 1 is 1.24 bits per heavy atom. The number of hydrogen-bond acceptors (Lipinski definition) is 4. The average Bonchev–Trinajstić information content (AvgIpc) is 3.15. The molecule has 0 bridgehead atoms. The van der Waals surface area contributed by atoms with E-state index in [0.29, 0.717) is 19.6 Å². The van der Waals surface area contributed by atoms with Gasteiger partial charge in [0.2, 0.25) is 0 Å². The Hall–Kier alpha value is -2.67. The van der Waals surface area contributed by atoms with Gasteiger partial charge in [0.25, 0.3) is 5.56 Å². The van der Waals surface area contributed by atoms with Crippen LogP contribution in [0.1, 0.15) is 12.1 Å². The van der Waals surface area contributed by atoms with Crippen LogP contribution in [0, 0.1) is 5.82 Å². The van der Waals surface area contributed by atoms with Crippen molar-refractivity contribution in [2.75, 3.05) is 18.5 Å². The van der Waals surface area contributed by atoms with E-state index in [1.165, 1.54) is 0 Å². The van der Waals surface area contributed by atoms with Gasteiger partial charge in [-0.25, -0.2) is 23.6 Å². The highest BCUT2D eigenvalue weighted by Crippen LogP contribution is 2.29. The van der Waals surface area contributed by atoms with Crippen molar-refractivity contribution in [3.05, 3.63) is 55.0 Å². The quantitative estimate of drug-likeness (QED) is 0.669. The van der Waals surface area contributed by atoms with Crippen LogP contribution < -0.4 is 16.6 Å². The number of aromatic nitrogens is 2. The SMILES string of the molecule is Cn1c(C(F)(F)F)cc(=O)n(-c2cc(NC(=O)N3CCCO3)c(Br)cc2F)c1=O. The molecule has 0 radical (unpaired) electrons. The number of nitrogens with one attached hydrogen (secondary N) is 1. The summed E-state index contributed by atoms with van der Waals surface area (Å²) in [7, 11) is 0.811. The van der Waals surface area contributed by atoms with Crippen molar-refractivity contribution in [2.45, 2.75) is 12.6 Å². The van der Waals surface area contributed by atoms with Crippen LogP contribution in [0.15, 0.2) is 32.3 Å². The van der Waals surface area contributed by atoms with Crippen LogP contribution in [0.3, 0.4) is 0 Å². The van der Waals surface area contributed by atoms with Gasteiger partial charge in [0.1, 0.15) is 11.5 Å². The molecule has 1 N–H and O–H groups in total. The third-order valence-corrected chi connectivity index (χ3v) is 4.76. The van der Waals surface area contributed by atoms with Gasteiger partial charge in [0.15, 0.2) is 0 Å². The summed E-state index contributed by atoms with van der Waals surface area (Å²) >= 11 is 3.05. The molecular formula is C16H13BrF4N4O4. The van der Waals surface area contributed by atoms with Crippen molar-refractivity contribution >= 4 is 27.6 Å². The number of nitrogens with zero attached hydrogens (tertiary/aromatic N) is 3. The van der Waals surface area contributed by atoms with Gasteiger partial charge >= 0.3 is 17.9 Å². The highest BCUT2D eigenvalue weighted by atomic mass is 79.9. The number of rotatable bonds is 2. The van der Waals surface area contributed by atoms with Crippen molar-refractivity contribution in [1.82, 2.24) is 14.2 Å². The lowest BCUT2D eigenvalue weighted by atomic mass is 10.2. The highest BCUT2D eigenvalue weighted by molar-refractivity contribution is 9.10. The van der Waals surface area contributed by atoms with Crippen molar-refractivity contribution in [3.63, 3.8) is 0 Å². The summed E-state index contributed by atoms with van der Waals surface area (Å²) in [5.41, 5.74) is -4.88.